The van der Waals surface area contributed by atoms with Gasteiger partial charge in [-0.3, -0.25) is 4.57 Å². The molecule has 0 aromatic carbocycles. The molecule has 0 radical (unpaired) electrons. The molecule has 4 N–H and O–H groups in total. The first kappa shape index (κ1) is 14.2. The minimum atomic E-state index is -4.00. The lowest BCUT2D eigenvalue weighted by molar-refractivity contribution is 0.354. The van der Waals surface area contributed by atoms with Crippen LogP contribution in [0.3, 0.4) is 0 Å². The summed E-state index contributed by atoms with van der Waals surface area (Å²) in [7, 11) is -4.00. The van der Waals surface area contributed by atoms with Gasteiger partial charge in [0, 0.05) is 18.3 Å². The van der Waals surface area contributed by atoms with Crippen LogP contribution in [-0.2, 0) is 4.57 Å². The number of aromatic nitrogens is 6. The van der Waals surface area contributed by atoms with E-state index in [0.29, 0.717) is 23.9 Å². The molecule has 2 atom stereocenters. The van der Waals surface area contributed by atoms with Crippen molar-refractivity contribution >= 4 is 13.5 Å². The van der Waals surface area contributed by atoms with Crippen molar-refractivity contribution in [3.8, 4) is 11.5 Å². The Labute approximate surface area is 120 Å². The fraction of sp³-hybridized carbons (Fsp3) is 0.600. The van der Waals surface area contributed by atoms with E-state index >= 15 is 0 Å². The molecule has 2 aromatic rings. The summed E-state index contributed by atoms with van der Waals surface area (Å²) in [5.41, 5.74) is 0.595. The summed E-state index contributed by atoms with van der Waals surface area (Å²) in [4.78, 5) is 22.5. The van der Waals surface area contributed by atoms with Crippen LogP contribution in [0.5, 0.6) is 0 Å². The van der Waals surface area contributed by atoms with Crippen molar-refractivity contribution in [1.82, 2.24) is 30.2 Å². The Morgan fingerprint density at radius 1 is 1.52 bits per heavy atom. The van der Waals surface area contributed by atoms with E-state index in [1.54, 1.807) is 6.20 Å². The number of fused-ring (bicyclic) bond motifs is 1. The highest BCUT2D eigenvalue weighted by atomic mass is 31.2. The van der Waals surface area contributed by atoms with Crippen molar-refractivity contribution in [3.05, 3.63) is 6.20 Å². The summed E-state index contributed by atoms with van der Waals surface area (Å²) >= 11 is 0. The third kappa shape index (κ3) is 3.12. The summed E-state index contributed by atoms with van der Waals surface area (Å²) in [6.07, 6.45) is 2.83. The van der Waals surface area contributed by atoms with Gasteiger partial charge < -0.3 is 19.7 Å². The number of nitrogens with one attached hydrogen (secondary N) is 2. The van der Waals surface area contributed by atoms with Crippen LogP contribution in [0.15, 0.2) is 6.20 Å². The van der Waals surface area contributed by atoms with Crippen LogP contribution in [0.2, 0.25) is 0 Å². The Morgan fingerprint density at radius 2 is 2.33 bits per heavy atom. The number of anilines is 1. The zero-order chi connectivity index (χ0) is 15.0. The molecule has 11 heteroatoms. The molecule has 10 nitrogen and oxygen atoms in total. The van der Waals surface area contributed by atoms with E-state index in [1.165, 1.54) is 0 Å². The fourth-order valence-electron chi connectivity index (χ4n) is 2.54. The molecule has 2 aromatic heterocycles. The Kier molecular flexibility index (Phi) is 3.52. The second-order valence-electron chi connectivity index (χ2n) is 5.22. The van der Waals surface area contributed by atoms with E-state index in [9.17, 15) is 4.57 Å². The number of hydrogen-bond donors (Lipinski definition) is 4. The molecule has 21 heavy (non-hydrogen) atoms. The first-order chi connectivity index (χ1) is 9.92. The monoisotopic (exact) mass is 313 g/mol. The molecule has 0 amide bonds. The summed E-state index contributed by atoms with van der Waals surface area (Å²) in [6, 6.07) is 0.170. The number of nitrogens with zero attached hydrogens (tertiary/aromatic N) is 5. The van der Waals surface area contributed by atoms with Crippen LogP contribution >= 0.6 is 7.60 Å². The number of H-pyrrole nitrogens is 1. The third-order valence-corrected chi connectivity index (χ3v) is 4.31. The molecule has 0 aliphatic carbocycles. The second kappa shape index (κ2) is 5.21. The van der Waals surface area contributed by atoms with Crippen molar-refractivity contribution in [3.63, 3.8) is 0 Å². The maximum atomic E-state index is 11.1. The lowest BCUT2D eigenvalue weighted by Crippen LogP contribution is -2.30. The van der Waals surface area contributed by atoms with E-state index < -0.39 is 7.60 Å². The van der Waals surface area contributed by atoms with E-state index in [4.69, 9.17) is 9.79 Å². The number of tetrazole rings is 1. The molecule has 1 aliphatic rings. The van der Waals surface area contributed by atoms with E-state index in [-0.39, 0.29) is 18.2 Å². The topological polar surface area (TPSA) is 142 Å². The molecule has 2 unspecified atom stereocenters. The van der Waals surface area contributed by atoms with Gasteiger partial charge in [-0.1, -0.05) is 0 Å². The number of aromatic amines is 1. The normalized spacial score (nSPS) is 21.9. The first-order valence-corrected chi connectivity index (χ1v) is 8.36. The lowest BCUT2D eigenvalue weighted by atomic mass is 10.0. The minimum Gasteiger partial charge on any atom is -0.353 e. The molecule has 1 aliphatic heterocycles. The van der Waals surface area contributed by atoms with Gasteiger partial charge in [-0.05, 0) is 30.2 Å². The average molecular weight is 313 g/mol. The zero-order valence-electron chi connectivity index (χ0n) is 11.3. The van der Waals surface area contributed by atoms with Gasteiger partial charge >= 0.3 is 7.60 Å². The van der Waals surface area contributed by atoms with Crippen molar-refractivity contribution < 1.29 is 14.4 Å². The molecule has 0 spiro atoms. The van der Waals surface area contributed by atoms with Crippen LogP contribution in [0, 0.1) is 0 Å². The van der Waals surface area contributed by atoms with Gasteiger partial charge in [0.15, 0.2) is 5.82 Å². The number of hydrogen-bond acceptors (Lipinski definition) is 6. The largest absolute Gasteiger partial charge is 0.353 e. The quantitative estimate of drug-likeness (QED) is 0.593. The van der Waals surface area contributed by atoms with Gasteiger partial charge in [0.25, 0.3) is 0 Å². The van der Waals surface area contributed by atoms with E-state index in [1.807, 2.05) is 11.5 Å². The van der Waals surface area contributed by atoms with Crippen LogP contribution in [0.1, 0.15) is 25.8 Å². The zero-order valence-corrected chi connectivity index (χ0v) is 12.2. The maximum absolute atomic E-state index is 11.1. The lowest BCUT2D eigenvalue weighted by Gasteiger charge is -2.30. The molecule has 0 saturated carbocycles. The first-order valence-electron chi connectivity index (χ1n) is 6.56. The van der Waals surface area contributed by atoms with Gasteiger partial charge in [-0.25, -0.2) is 10.1 Å². The van der Waals surface area contributed by atoms with Gasteiger partial charge in [-0.2, -0.15) is 0 Å². The molecule has 0 fully saturated rings. The Balaban J connectivity index is 1.87. The minimum absolute atomic E-state index is 0.0130. The van der Waals surface area contributed by atoms with Gasteiger partial charge in [0.1, 0.15) is 5.69 Å². The van der Waals surface area contributed by atoms with Crippen molar-refractivity contribution in [2.45, 2.75) is 31.8 Å². The number of rotatable bonds is 4. The molecule has 0 bridgehead atoms. The molecule has 3 heterocycles. The highest BCUT2D eigenvalue weighted by Crippen LogP contribution is 2.39. The van der Waals surface area contributed by atoms with Gasteiger partial charge in [-0.15, -0.1) is 5.10 Å². The van der Waals surface area contributed by atoms with Crippen molar-refractivity contribution in [1.29, 1.82) is 0 Å². The SMILES string of the molecule is CC1CC(CCP(=O)(O)O)n2cc(-c3nnn[nH]3)nc2N1. The Bertz CT molecular complexity index is 664. The average Bonchev–Trinajstić information content (AvgIpc) is 3.02. The maximum Gasteiger partial charge on any atom is 0.325 e. The van der Waals surface area contributed by atoms with Gasteiger partial charge in [0.2, 0.25) is 5.95 Å². The fourth-order valence-corrected chi connectivity index (χ4v) is 3.17. The predicted octanol–water partition coefficient (Wildman–Crippen LogP) is 0.376. The standard InChI is InChI=1S/C10H16N7O3P/c1-6-4-7(2-3-21(18,19)20)17-5-8(12-10(17)11-6)9-13-15-16-14-9/h5-7H,2-4H2,1H3,(H,11,12)(H2,18,19,20)(H,13,14,15,16). The molecule has 114 valence electrons. The molecular weight excluding hydrogens is 297 g/mol. The smallest absolute Gasteiger partial charge is 0.325 e. The van der Waals surface area contributed by atoms with Crippen LogP contribution in [0.25, 0.3) is 11.5 Å². The van der Waals surface area contributed by atoms with Crippen LogP contribution in [-0.4, -0.2) is 52.2 Å². The Hall–Kier alpha value is -1.77. The molecule has 0 saturated heterocycles. The second-order valence-corrected chi connectivity index (χ2v) is 7.00. The molecule has 3 rings (SSSR count). The molecular formula is C10H16N7O3P. The van der Waals surface area contributed by atoms with Crippen LogP contribution < -0.4 is 5.32 Å². The predicted molar refractivity (Wildman–Crippen MR) is 73.7 cm³/mol. The summed E-state index contributed by atoms with van der Waals surface area (Å²) < 4.78 is 13.0. The van der Waals surface area contributed by atoms with Crippen molar-refractivity contribution in [2.75, 3.05) is 11.5 Å². The highest BCUT2D eigenvalue weighted by molar-refractivity contribution is 7.51. The Morgan fingerprint density at radius 3 is 3.00 bits per heavy atom. The van der Waals surface area contributed by atoms with Crippen molar-refractivity contribution in [2.24, 2.45) is 0 Å². The summed E-state index contributed by atoms with van der Waals surface area (Å²) in [5, 5.41) is 16.7. The van der Waals surface area contributed by atoms with Crippen LogP contribution in [0.4, 0.5) is 5.95 Å². The highest BCUT2D eigenvalue weighted by Gasteiger charge is 2.28. The van der Waals surface area contributed by atoms with E-state index in [0.717, 1.165) is 6.42 Å². The van der Waals surface area contributed by atoms with E-state index in [2.05, 4.69) is 30.9 Å². The summed E-state index contributed by atoms with van der Waals surface area (Å²) in [5.74, 6) is 1.12. The third-order valence-electron chi connectivity index (χ3n) is 3.47. The number of imidazole rings is 1. The summed E-state index contributed by atoms with van der Waals surface area (Å²) in [6.45, 7) is 2.01. The van der Waals surface area contributed by atoms with Gasteiger partial charge in [0.05, 0.1) is 6.16 Å².